The third-order valence-corrected chi connectivity index (χ3v) is 3.90. The van der Waals surface area contributed by atoms with E-state index in [1.165, 1.54) is 0 Å². The van der Waals surface area contributed by atoms with Crippen LogP contribution in [-0.2, 0) is 11.3 Å². The first-order chi connectivity index (χ1) is 9.61. The van der Waals surface area contributed by atoms with Gasteiger partial charge in [-0.15, -0.1) is 0 Å². The summed E-state index contributed by atoms with van der Waals surface area (Å²) in [6.07, 6.45) is 2.15. The largest absolute Gasteiger partial charge is 0.381 e. The zero-order valence-corrected chi connectivity index (χ0v) is 12.7. The summed E-state index contributed by atoms with van der Waals surface area (Å²) in [5.74, 6) is 1.27. The predicted octanol–water partition coefficient (Wildman–Crippen LogP) is 1.26. The van der Waals surface area contributed by atoms with Crippen molar-refractivity contribution in [3.8, 4) is 0 Å². The Hall–Kier alpha value is -1.20. The molecule has 5 nitrogen and oxygen atoms in total. The van der Waals surface area contributed by atoms with Gasteiger partial charge in [-0.1, -0.05) is 6.92 Å². The number of aromatic nitrogens is 2. The highest BCUT2D eigenvalue weighted by atomic mass is 16.5. The van der Waals surface area contributed by atoms with Crippen molar-refractivity contribution in [2.45, 2.75) is 46.2 Å². The number of ether oxygens (including phenoxy) is 1. The molecule has 1 aromatic heterocycles. The van der Waals surface area contributed by atoms with E-state index in [1.807, 2.05) is 13.8 Å². The number of aryl methyl sites for hydroxylation is 2. The molecule has 1 aliphatic heterocycles. The summed E-state index contributed by atoms with van der Waals surface area (Å²) in [6.45, 7) is 9.16. The summed E-state index contributed by atoms with van der Waals surface area (Å²) in [5, 5.41) is 3.56. The van der Waals surface area contributed by atoms with Crippen molar-refractivity contribution >= 4 is 0 Å². The highest BCUT2D eigenvalue weighted by molar-refractivity contribution is 5.02. The van der Waals surface area contributed by atoms with Crippen LogP contribution < -0.4 is 10.9 Å². The Bertz CT molecular complexity index is 492. The smallest absolute Gasteiger partial charge is 0.253 e. The summed E-state index contributed by atoms with van der Waals surface area (Å²) in [7, 11) is 0. The first kappa shape index (κ1) is 15.2. The van der Waals surface area contributed by atoms with E-state index in [1.54, 1.807) is 10.6 Å². The number of nitrogens with one attached hydrogen (secondary N) is 1. The molecule has 2 unspecified atom stereocenters. The van der Waals surface area contributed by atoms with Crippen LogP contribution >= 0.6 is 0 Å². The van der Waals surface area contributed by atoms with E-state index >= 15 is 0 Å². The average molecular weight is 279 g/mol. The van der Waals surface area contributed by atoms with E-state index < -0.39 is 0 Å². The maximum atomic E-state index is 12.1. The van der Waals surface area contributed by atoms with Crippen molar-refractivity contribution in [3.63, 3.8) is 0 Å². The highest BCUT2D eigenvalue weighted by Crippen LogP contribution is 2.18. The van der Waals surface area contributed by atoms with Crippen LogP contribution in [-0.4, -0.2) is 35.4 Å². The van der Waals surface area contributed by atoms with Crippen LogP contribution in [0.5, 0.6) is 0 Å². The van der Waals surface area contributed by atoms with Crippen LogP contribution in [0.2, 0.25) is 0 Å². The summed E-state index contributed by atoms with van der Waals surface area (Å²) < 4.78 is 7.27. The lowest BCUT2D eigenvalue weighted by molar-refractivity contribution is 0.173. The maximum absolute atomic E-state index is 12.1. The maximum Gasteiger partial charge on any atom is 0.253 e. The molecule has 2 rings (SSSR count). The Morgan fingerprint density at radius 1 is 1.55 bits per heavy atom. The number of hydrogen-bond acceptors (Lipinski definition) is 4. The molecule has 1 aromatic rings. The van der Waals surface area contributed by atoms with Crippen molar-refractivity contribution in [2.75, 3.05) is 19.8 Å². The molecule has 2 heterocycles. The van der Waals surface area contributed by atoms with Crippen LogP contribution in [0.4, 0.5) is 0 Å². The second kappa shape index (κ2) is 6.99. The highest BCUT2D eigenvalue weighted by Gasteiger charge is 2.26. The molecular weight excluding hydrogens is 254 g/mol. The fourth-order valence-electron chi connectivity index (χ4n) is 2.76. The summed E-state index contributed by atoms with van der Waals surface area (Å²) >= 11 is 0. The van der Waals surface area contributed by atoms with Crippen molar-refractivity contribution in [3.05, 3.63) is 27.9 Å². The van der Waals surface area contributed by atoms with Gasteiger partial charge in [0, 0.05) is 36.9 Å². The minimum atomic E-state index is 0.0391. The number of nitrogens with zero attached hydrogens (tertiary/aromatic N) is 2. The van der Waals surface area contributed by atoms with Gasteiger partial charge in [-0.2, -0.15) is 0 Å². The molecule has 1 N–H and O–H groups in total. The molecule has 1 saturated heterocycles. The molecule has 1 fully saturated rings. The SMILES string of the molecule is CCCNC(Cn1c(C)nc(C)cc1=O)C1CCOC1. The fraction of sp³-hybridized carbons (Fsp3) is 0.733. The third kappa shape index (κ3) is 3.67. The Labute approximate surface area is 120 Å². The molecule has 2 atom stereocenters. The fourth-order valence-corrected chi connectivity index (χ4v) is 2.76. The summed E-state index contributed by atoms with van der Waals surface area (Å²) in [5.41, 5.74) is 0.822. The van der Waals surface area contributed by atoms with Gasteiger partial charge < -0.3 is 10.1 Å². The Balaban J connectivity index is 2.16. The molecular formula is C15H25N3O2. The molecule has 0 spiro atoms. The van der Waals surface area contributed by atoms with Crippen molar-refractivity contribution in [1.29, 1.82) is 0 Å². The third-order valence-electron chi connectivity index (χ3n) is 3.90. The molecule has 1 aliphatic rings. The topological polar surface area (TPSA) is 56.2 Å². The van der Waals surface area contributed by atoms with Gasteiger partial charge in [0.05, 0.1) is 6.61 Å². The van der Waals surface area contributed by atoms with E-state index in [0.717, 1.165) is 44.1 Å². The normalized spacial score (nSPS) is 20.2. The Morgan fingerprint density at radius 2 is 2.35 bits per heavy atom. The first-order valence-corrected chi connectivity index (χ1v) is 7.48. The van der Waals surface area contributed by atoms with Crippen molar-refractivity contribution in [2.24, 2.45) is 5.92 Å². The predicted molar refractivity (Wildman–Crippen MR) is 79.0 cm³/mol. The van der Waals surface area contributed by atoms with Crippen LogP contribution in [0.25, 0.3) is 0 Å². The number of rotatable bonds is 6. The van der Waals surface area contributed by atoms with E-state index in [9.17, 15) is 4.79 Å². The molecule has 0 saturated carbocycles. The van der Waals surface area contributed by atoms with Gasteiger partial charge in [0.2, 0.25) is 0 Å². The monoisotopic (exact) mass is 279 g/mol. The van der Waals surface area contributed by atoms with Crippen LogP contribution in [0, 0.1) is 19.8 Å². The first-order valence-electron chi connectivity index (χ1n) is 7.48. The van der Waals surface area contributed by atoms with E-state index in [-0.39, 0.29) is 11.6 Å². The molecule has 0 aromatic carbocycles. The Kier molecular flexibility index (Phi) is 5.31. The van der Waals surface area contributed by atoms with E-state index in [4.69, 9.17) is 4.74 Å². The van der Waals surface area contributed by atoms with Crippen LogP contribution in [0.1, 0.15) is 31.3 Å². The number of hydrogen-bond donors (Lipinski definition) is 1. The lowest BCUT2D eigenvalue weighted by Crippen LogP contribution is -2.43. The van der Waals surface area contributed by atoms with Gasteiger partial charge in [0.25, 0.3) is 5.56 Å². The average Bonchev–Trinajstić information content (AvgIpc) is 2.91. The quantitative estimate of drug-likeness (QED) is 0.852. The van der Waals surface area contributed by atoms with Gasteiger partial charge in [-0.05, 0) is 33.2 Å². The lowest BCUT2D eigenvalue weighted by atomic mass is 9.98. The second-order valence-corrected chi connectivity index (χ2v) is 5.58. The molecule has 0 radical (unpaired) electrons. The van der Waals surface area contributed by atoms with Gasteiger partial charge in [0.1, 0.15) is 5.82 Å². The zero-order valence-electron chi connectivity index (χ0n) is 12.7. The molecule has 0 bridgehead atoms. The van der Waals surface area contributed by atoms with Crippen LogP contribution in [0.15, 0.2) is 10.9 Å². The summed E-state index contributed by atoms with van der Waals surface area (Å²) in [6, 6.07) is 1.88. The minimum Gasteiger partial charge on any atom is -0.381 e. The van der Waals surface area contributed by atoms with Crippen LogP contribution in [0.3, 0.4) is 0 Å². The molecule has 0 aliphatic carbocycles. The van der Waals surface area contributed by atoms with Crippen molar-refractivity contribution in [1.82, 2.24) is 14.9 Å². The van der Waals surface area contributed by atoms with Gasteiger partial charge >= 0.3 is 0 Å². The standard InChI is InChI=1S/C15H25N3O2/c1-4-6-16-14(13-5-7-20-10-13)9-18-12(3)17-11(2)8-15(18)19/h8,13-14,16H,4-7,9-10H2,1-3H3. The van der Waals surface area contributed by atoms with E-state index in [0.29, 0.717) is 12.5 Å². The lowest BCUT2D eigenvalue weighted by Gasteiger charge is -2.25. The van der Waals surface area contributed by atoms with E-state index in [2.05, 4.69) is 17.2 Å². The molecule has 5 heteroatoms. The molecule has 112 valence electrons. The van der Waals surface area contributed by atoms with Gasteiger partial charge in [0.15, 0.2) is 0 Å². The second-order valence-electron chi connectivity index (χ2n) is 5.58. The molecule has 0 amide bonds. The zero-order chi connectivity index (χ0) is 14.5. The van der Waals surface area contributed by atoms with Crippen molar-refractivity contribution < 1.29 is 4.74 Å². The molecule has 20 heavy (non-hydrogen) atoms. The van der Waals surface area contributed by atoms with Gasteiger partial charge in [-0.3, -0.25) is 9.36 Å². The summed E-state index contributed by atoms with van der Waals surface area (Å²) in [4.78, 5) is 16.5. The minimum absolute atomic E-state index is 0.0391. The van der Waals surface area contributed by atoms with Gasteiger partial charge in [-0.25, -0.2) is 4.98 Å². The Morgan fingerprint density at radius 3 is 2.95 bits per heavy atom.